The number of nitrogens with one attached hydrogen (secondary N) is 1. The first-order valence-corrected chi connectivity index (χ1v) is 8.96. The molecule has 2 aromatic rings. The van der Waals surface area contributed by atoms with Gasteiger partial charge in [0.05, 0.1) is 5.75 Å². The minimum Gasteiger partial charge on any atom is -0.351 e. The van der Waals surface area contributed by atoms with E-state index in [9.17, 15) is 4.79 Å². The van der Waals surface area contributed by atoms with Gasteiger partial charge in [-0.2, -0.15) is 0 Å². The van der Waals surface area contributed by atoms with Crippen LogP contribution in [0.4, 0.5) is 0 Å². The summed E-state index contributed by atoms with van der Waals surface area (Å²) in [4.78, 5) is 13.3. The Morgan fingerprint density at radius 2 is 1.74 bits per heavy atom. The van der Waals surface area contributed by atoms with Crippen molar-refractivity contribution in [2.24, 2.45) is 0 Å². The molecular formula is C19H22ClNOS. The third-order valence-electron chi connectivity index (χ3n) is 4.02. The number of hydrogen-bond donors (Lipinski definition) is 1. The van der Waals surface area contributed by atoms with Crippen LogP contribution in [-0.2, 0) is 11.3 Å². The predicted molar refractivity (Wildman–Crippen MR) is 99.4 cm³/mol. The Labute approximate surface area is 147 Å². The summed E-state index contributed by atoms with van der Waals surface area (Å²) in [5.41, 5.74) is 6.08. The molecule has 0 aliphatic heterocycles. The molecule has 0 aliphatic carbocycles. The molecule has 1 amide bonds. The van der Waals surface area contributed by atoms with E-state index < -0.39 is 0 Å². The van der Waals surface area contributed by atoms with Crippen molar-refractivity contribution >= 4 is 29.3 Å². The number of hydrogen-bond acceptors (Lipinski definition) is 2. The number of benzene rings is 2. The molecule has 23 heavy (non-hydrogen) atoms. The van der Waals surface area contributed by atoms with Gasteiger partial charge in [-0.1, -0.05) is 29.8 Å². The molecular weight excluding hydrogens is 326 g/mol. The molecule has 0 aromatic heterocycles. The van der Waals surface area contributed by atoms with Crippen molar-refractivity contribution in [3.8, 4) is 0 Å². The first kappa shape index (κ1) is 17.9. The highest BCUT2D eigenvalue weighted by molar-refractivity contribution is 8.00. The molecule has 0 aliphatic rings. The van der Waals surface area contributed by atoms with Crippen LogP contribution in [0.3, 0.4) is 0 Å². The average Bonchev–Trinajstić information content (AvgIpc) is 2.51. The molecule has 0 spiro atoms. The predicted octanol–water partition coefficient (Wildman–Crippen LogP) is 4.98. The molecule has 0 atom stereocenters. The summed E-state index contributed by atoms with van der Waals surface area (Å²) in [7, 11) is 0. The first-order chi connectivity index (χ1) is 10.9. The van der Waals surface area contributed by atoms with Crippen LogP contribution in [0.25, 0.3) is 0 Å². The highest BCUT2D eigenvalue weighted by atomic mass is 35.5. The van der Waals surface area contributed by atoms with Crippen LogP contribution in [0.1, 0.15) is 27.8 Å². The summed E-state index contributed by atoms with van der Waals surface area (Å²) in [6.07, 6.45) is 0. The number of aryl methyl sites for hydroxylation is 2. The van der Waals surface area contributed by atoms with Crippen LogP contribution in [0, 0.1) is 27.7 Å². The van der Waals surface area contributed by atoms with Crippen molar-refractivity contribution < 1.29 is 4.79 Å². The van der Waals surface area contributed by atoms with Gasteiger partial charge in [0.25, 0.3) is 0 Å². The fraction of sp³-hybridized carbons (Fsp3) is 0.316. The van der Waals surface area contributed by atoms with E-state index in [4.69, 9.17) is 11.6 Å². The topological polar surface area (TPSA) is 29.1 Å². The lowest BCUT2D eigenvalue weighted by molar-refractivity contribution is -0.118. The lowest BCUT2D eigenvalue weighted by atomic mass is 10.0. The van der Waals surface area contributed by atoms with Crippen molar-refractivity contribution in [2.45, 2.75) is 39.1 Å². The summed E-state index contributed by atoms with van der Waals surface area (Å²) >= 11 is 7.56. The molecule has 2 aromatic carbocycles. The smallest absolute Gasteiger partial charge is 0.230 e. The van der Waals surface area contributed by atoms with Gasteiger partial charge in [-0.05, 0) is 67.6 Å². The molecule has 0 radical (unpaired) electrons. The number of rotatable bonds is 5. The van der Waals surface area contributed by atoms with E-state index in [1.807, 2.05) is 24.3 Å². The van der Waals surface area contributed by atoms with Gasteiger partial charge in [-0.25, -0.2) is 0 Å². The van der Waals surface area contributed by atoms with Crippen molar-refractivity contribution in [2.75, 3.05) is 5.75 Å². The summed E-state index contributed by atoms with van der Waals surface area (Å²) < 4.78 is 0. The molecule has 2 nitrogen and oxygen atoms in total. The van der Waals surface area contributed by atoms with Gasteiger partial charge in [0.15, 0.2) is 0 Å². The third-order valence-corrected chi connectivity index (χ3v) is 5.57. The Kier molecular flexibility index (Phi) is 6.14. The zero-order valence-corrected chi connectivity index (χ0v) is 15.6. The van der Waals surface area contributed by atoms with Crippen LogP contribution in [-0.4, -0.2) is 11.7 Å². The lowest BCUT2D eigenvalue weighted by Crippen LogP contribution is -2.24. The van der Waals surface area contributed by atoms with Crippen LogP contribution in [0.15, 0.2) is 35.2 Å². The number of halogens is 1. The SMILES string of the molecule is Cc1cc(C)c(C)c(SCC(=O)NCc2cccc(Cl)c2)c1C. The Hall–Kier alpha value is -1.45. The van der Waals surface area contributed by atoms with Crippen molar-refractivity contribution in [3.05, 3.63) is 63.2 Å². The highest BCUT2D eigenvalue weighted by Crippen LogP contribution is 2.30. The van der Waals surface area contributed by atoms with Gasteiger partial charge in [-0.15, -0.1) is 11.8 Å². The van der Waals surface area contributed by atoms with Crippen LogP contribution in [0.5, 0.6) is 0 Å². The minimum atomic E-state index is 0.0351. The molecule has 122 valence electrons. The second-order valence-corrected chi connectivity index (χ2v) is 7.21. The standard InChI is InChI=1S/C19H22ClNOS/c1-12-8-13(2)15(4)19(14(12)3)23-11-18(22)21-10-16-6-5-7-17(20)9-16/h5-9H,10-11H2,1-4H3,(H,21,22). The van der Waals surface area contributed by atoms with E-state index in [0.29, 0.717) is 17.3 Å². The van der Waals surface area contributed by atoms with Crippen molar-refractivity contribution in [1.29, 1.82) is 0 Å². The Bertz CT molecular complexity index is 701. The van der Waals surface area contributed by atoms with Gasteiger partial charge in [0.2, 0.25) is 5.91 Å². The average molecular weight is 348 g/mol. The van der Waals surface area contributed by atoms with Gasteiger partial charge >= 0.3 is 0 Å². The normalized spacial score (nSPS) is 10.7. The fourth-order valence-corrected chi connectivity index (χ4v) is 3.78. The van der Waals surface area contributed by atoms with Crippen LogP contribution >= 0.6 is 23.4 Å². The molecule has 4 heteroatoms. The number of carbonyl (C=O) groups excluding carboxylic acids is 1. The second-order valence-electron chi connectivity index (χ2n) is 5.78. The largest absolute Gasteiger partial charge is 0.351 e. The molecule has 0 saturated carbocycles. The van der Waals surface area contributed by atoms with Gasteiger partial charge in [-0.3, -0.25) is 4.79 Å². The summed E-state index contributed by atoms with van der Waals surface area (Å²) in [6.45, 7) is 8.98. The molecule has 0 bridgehead atoms. The maximum Gasteiger partial charge on any atom is 0.230 e. The molecule has 0 unspecified atom stereocenters. The minimum absolute atomic E-state index is 0.0351. The molecule has 0 saturated heterocycles. The van der Waals surface area contributed by atoms with E-state index in [1.165, 1.54) is 27.1 Å². The Morgan fingerprint density at radius 1 is 1.09 bits per heavy atom. The van der Waals surface area contributed by atoms with Gasteiger partial charge in [0.1, 0.15) is 0 Å². The van der Waals surface area contributed by atoms with Gasteiger partial charge < -0.3 is 5.32 Å². The quantitative estimate of drug-likeness (QED) is 0.772. The van der Waals surface area contributed by atoms with E-state index in [2.05, 4.69) is 39.1 Å². The molecule has 2 rings (SSSR count). The summed E-state index contributed by atoms with van der Waals surface area (Å²) in [5, 5.41) is 3.63. The Balaban J connectivity index is 1.95. The maximum absolute atomic E-state index is 12.1. The van der Waals surface area contributed by atoms with Gasteiger partial charge in [0, 0.05) is 16.5 Å². The van der Waals surface area contributed by atoms with E-state index in [-0.39, 0.29) is 5.91 Å². The highest BCUT2D eigenvalue weighted by Gasteiger charge is 2.11. The van der Waals surface area contributed by atoms with E-state index >= 15 is 0 Å². The summed E-state index contributed by atoms with van der Waals surface area (Å²) in [5.74, 6) is 0.457. The first-order valence-electron chi connectivity index (χ1n) is 7.60. The monoisotopic (exact) mass is 347 g/mol. The van der Waals surface area contributed by atoms with E-state index in [0.717, 1.165) is 5.56 Å². The van der Waals surface area contributed by atoms with Crippen LogP contribution in [0.2, 0.25) is 5.02 Å². The fourth-order valence-electron chi connectivity index (χ4n) is 2.43. The van der Waals surface area contributed by atoms with Crippen molar-refractivity contribution in [3.63, 3.8) is 0 Å². The van der Waals surface area contributed by atoms with E-state index in [1.54, 1.807) is 11.8 Å². The third kappa shape index (κ3) is 4.76. The maximum atomic E-state index is 12.1. The molecule has 0 heterocycles. The number of carbonyl (C=O) groups is 1. The van der Waals surface area contributed by atoms with Crippen molar-refractivity contribution in [1.82, 2.24) is 5.32 Å². The zero-order chi connectivity index (χ0) is 17.0. The molecule has 1 N–H and O–H groups in total. The summed E-state index contributed by atoms with van der Waals surface area (Å²) in [6, 6.07) is 9.74. The lowest BCUT2D eigenvalue weighted by Gasteiger charge is -2.14. The zero-order valence-electron chi connectivity index (χ0n) is 14.0. The van der Waals surface area contributed by atoms with Crippen LogP contribution < -0.4 is 5.32 Å². The number of amides is 1. The second kappa shape index (κ2) is 7.89. The Morgan fingerprint density at radius 3 is 2.35 bits per heavy atom. The molecule has 0 fully saturated rings. The number of thioether (sulfide) groups is 1.